The zero-order valence-corrected chi connectivity index (χ0v) is 12.6. The van der Waals surface area contributed by atoms with Crippen molar-refractivity contribution >= 4 is 0 Å². The maximum absolute atomic E-state index is 3.79. The summed E-state index contributed by atoms with van der Waals surface area (Å²) < 4.78 is 0. The molecule has 2 saturated heterocycles. The Bertz CT molecular complexity index is 252. The molecule has 0 aliphatic carbocycles. The summed E-state index contributed by atoms with van der Waals surface area (Å²) >= 11 is 0. The first-order valence-corrected chi connectivity index (χ1v) is 7.16. The van der Waals surface area contributed by atoms with Gasteiger partial charge < -0.3 is 5.32 Å². The smallest absolute Gasteiger partial charge is 0.0324 e. The van der Waals surface area contributed by atoms with Crippen LogP contribution in [0.5, 0.6) is 0 Å². The van der Waals surface area contributed by atoms with E-state index in [1.165, 1.54) is 32.4 Å². The van der Waals surface area contributed by atoms with Gasteiger partial charge in [-0.05, 0) is 52.0 Å². The molecule has 17 heavy (non-hydrogen) atoms. The largest absolute Gasteiger partial charge is 0.310 e. The quantitative estimate of drug-likeness (QED) is 0.698. The Morgan fingerprint density at radius 1 is 1.12 bits per heavy atom. The number of hydrogen-bond donors (Lipinski definition) is 1. The fourth-order valence-electron chi connectivity index (χ4n) is 3.64. The molecule has 2 heteroatoms. The number of hydrogen-bond acceptors (Lipinski definition) is 2. The lowest BCUT2D eigenvalue weighted by Gasteiger charge is -2.43. The molecule has 2 heterocycles. The van der Waals surface area contributed by atoms with E-state index in [1.807, 2.05) is 0 Å². The van der Waals surface area contributed by atoms with Gasteiger partial charge in [0.15, 0.2) is 0 Å². The summed E-state index contributed by atoms with van der Waals surface area (Å²) in [4.78, 5) is 2.74. The van der Waals surface area contributed by atoms with E-state index in [0.29, 0.717) is 17.0 Å². The van der Waals surface area contributed by atoms with Crippen LogP contribution in [0.1, 0.15) is 60.8 Å². The maximum Gasteiger partial charge on any atom is 0.0324 e. The van der Waals surface area contributed by atoms with E-state index in [2.05, 4.69) is 51.8 Å². The van der Waals surface area contributed by atoms with Crippen LogP contribution in [0.25, 0.3) is 0 Å². The summed E-state index contributed by atoms with van der Waals surface area (Å²) in [6.45, 7) is 16.7. The van der Waals surface area contributed by atoms with Crippen LogP contribution in [0.3, 0.4) is 0 Å². The van der Waals surface area contributed by atoms with Gasteiger partial charge in [0.25, 0.3) is 0 Å². The molecule has 1 spiro atoms. The summed E-state index contributed by atoms with van der Waals surface area (Å²) in [5.41, 5.74) is 1.08. The molecular formula is C15H30N2. The van der Waals surface area contributed by atoms with Gasteiger partial charge in [-0.2, -0.15) is 0 Å². The normalized spacial score (nSPS) is 36.0. The Balaban J connectivity index is 2.24. The molecule has 2 nitrogen and oxygen atoms in total. The second kappa shape index (κ2) is 3.96. The minimum atomic E-state index is 0.283. The molecule has 2 aliphatic heterocycles. The molecule has 0 aromatic carbocycles. The van der Waals surface area contributed by atoms with Gasteiger partial charge in [-0.25, -0.2) is 0 Å². The van der Waals surface area contributed by atoms with Crippen LogP contribution >= 0.6 is 0 Å². The SMILES string of the molecule is CC(C)(C)C1CC2(CCCN2)CN1C(C)(C)C. The molecule has 2 fully saturated rings. The third-order valence-corrected chi connectivity index (χ3v) is 4.63. The minimum absolute atomic E-state index is 0.283. The Kier molecular flexibility index (Phi) is 3.11. The van der Waals surface area contributed by atoms with E-state index >= 15 is 0 Å². The Hall–Kier alpha value is -0.0800. The van der Waals surface area contributed by atoms with E-state index in [-0.39, 0.29) is 5.54 Å². The second-order valence-electron chi connectivity index (χ2n) is 8.20. The van der Waals surface area contributed by atoms with Crippen molar-refractivity contribution in [3.05, 3.63) is 0 Å². The summed E-state index contributed by atoms with van der Waals surface area (Å²) in [5.74, 6) is 0. The molecule has 0 amide bonds. The lowest BCUT2D eigenvalue weighted by Crippen LogP contribution is -2.50. The first kappa shape index (κ1) is 13.4. The van der Waals surface area contributed by atoms with Crippen molar-refractivity contribution in [3.63, 3.8) is 0 Å². The van der Waals surface area contributed by atoms with Gasteiger partial charge in [0.05, 0.1) is 0 Å². The van der Waals surface area contributed by atoms with Crippen LogP contribution in [-0.2, 0) is 0 Å². The van der Waals surface area contributed by atoms with Crippen molar-refractivity contribution in [2.75, 3.05) is 13.1 Å². The Morgan fingerprint density at radius 2 is 1.76 bits per heavy atom. The number of rotatable bonds is 0. The predicted octanol–water partition coefficient (Wildman–Crippen LogP) is 3.03. The fraction of sp³-hybridized carbons (Fsp3) is 1.00. The van der Waals surface area contributed by atoms with Crippen LogP contribution in [0.15, 0.2) is 0 Å². The van der Waals surface area contributed by atoms with Crippen LogP contribution in [0.4, 0.5) is 0 Å². The van der Waals surface area contributed by atoms with E-state index in [9.17, 15) is 0 Å². The van der Waals surface area contributed by atoms with E-state index in [0.717, 1.165) is 0 Å². The van der Waals surface area contributed by atoms with E-state index in [4.69, 9.17) is 0 Å². The summed E-state index contributed by atoms with van der Waals surface area (Å²) in [7, 11) is 0. The van der Waals surface area contributed by atoms with Crippen molar-refractivity contribution in [1.82, 2.24) is 10.2 Å². The van der Waals surface area contributed by atoms with Crippen LogP contribution in [-0.4, -0.2) is 35.1 Å². The zero-order chi connectivity index (χ0) is 12.9. The summed E-state index contributed by atoms with van der Waals surface area (Å²) in [5, 5.41) is 3.79. The third-order valence-electron chi connectivity index (χ3n) is 4.63. The van der Waals surface area contributed by atoms with Gasteiger partial charge in [-0.1, -0.05) is 20.8 Å². The second-order valence-corrected chi connectivity index (χ2v) is 8.20. The van der Waals surface area contributed by atoms with Gasteiger partial charge in [0.1, 0.15) is 0 Å². The van der Waals surface area contributed by atoms with Gasteiger partial charge in [0, 0.05) is 23.7 Å². The van der Waals surface area contributed by atoms with Gasteiger partial charge in [0.2, 0.25) is 0 Å². The van der Waals surface area contributed by atoms with Crippen molar-refractivity contribution < 1.29 is 0 Å². The van der Waals surface area contributed by atoms with E-state index in [1.54, 1.807) is 0 Å². The third kappa shape index (κ3) is 2.53. The highest BCUT2D eigenvalue weighted by Gasteiger charge is 2.51. The van der Waals surface area contributed by atoms with Gasteiger partial charge >= 0.3 is 0 Å². The fourth-order valence-corrected chi connectivity index (χ4v) is 3.64. The number of likely N-dealkylation sites (tertiary alicyclic amines) is 1. The molecule has 2 aliphatic rings. The highest BCUT2D eigenvalue weighted by Crippen LogP contribution is 2.44. The van der Waals surface area contributed by atoms with Crippen LogP contribution in [0.2, 0.25) is 0 Å². The Labute approximate surface area is 107 Å². The standard InChI is InChI=1S/C15H30N2/c1-13(2,3)12-10-15(8-7-9-16-15)11-17(12)14(4,5)6/h12,16H,7-11H2,1-6H3. The first-order chi connectivity index (χ1) is 7.64. The maximum atomic E-state index is 3.79. The summed E-state index contributed by atoms with van der Waals surface area (Å²) in [6, 6.07) is 0.702. The molecule has 2 rings (SSSR count). The zero-order valence-electron chi connectivity index (χ0n) is 12.6. The minimum Gasteiger partial charge on any atom is -0.310 e. The molecule has 1 N–H and O–H groups in total. The highest BCUT2D eigenvalue weighted by atomic mass is 15.3. The lowest BCUT2D eigenvalue weighted by molar-refractivity contribution is 0.0568. The summed E-state index contributed by atoms with van der Waals surface area (Å²) in [6.07, 6.45) is 4.05. The highest BCUT2D eigenvalue weighted by molar-refractivity contribution is 5.09. The average molecular weight is 238 g/mol. The number of nitrogens with zero attached hydrogens (tertiary/aromatic N) is 1. The number of nitrogens with one attached hydrogen (secondary N) is 1. The predicted molar refractivity (Wildman–Crippen MR) is 74.3 cm³/mol. The van der Waals surface area contributed by atoms with Crippen molar-refractivity contribution in [3.8, 4) is 0 Å². The molecule has 100 valence electrons. The first-order valence-electron chi connectivity index (χ1n) is 7.16. The molecule has 2 atom stereocenters. The molecule has 0 saturated carbocycles. The Morgan fingerprint density at radius 3 is 2.12 bits per heavy atom. The van der Waals surface area contributed by atoms with Crippen molar-refractivity contribution in [2.24, 2.45) is 5.41 Å². The van der Waals surface area contributed by atoms with E-state index < -0.39 is 0 Å². The van der Waals surface area contributed by atoms with Crippen LogP contribution < -0.4 is 5.32 Å². The van der Waals surface area contributed by atoms with Gasteiger partial charge in [-0.15, -0.1) is 0 Å². The van der Waals surface area contributed by atoms with Crippen LogP contribution in [0, 0.1) is 5.41 Å². The lowest BCUT2D eigenvalue weighted by atomic mass is 9.81. The van der Waals surface area contributed by atoms with Gasteiger partial charge in [-0.3, -0.25) is 4.90 Å². The molecule has 0 bridgehead atoms. The molecule has 0 aromatic heterocycles. The molecule has 2 unspecified atom stereocenters. The topological polar surface area (TPSA) is 15.3 Å². The van der Waals surface area contributed by atoms with Crippen molar-refractivity contribution in [2.45, 2.75) is 77.9 Å². The average Bonchev–Trinajstić information content (AvgIpc) is 2.72. The molecule has 0 aromatic rings. The molecule has 0 radical (unpaired) electrons. The molecular weight excluding hydrogens is 208 g/mol. The van der Waals surface area contributed by atoms with Crippen molar-refractivity contribution in [1.29, 1.82) is 0 Å². The monoisotopic (exact) mass is 238 g/mol.